The van der Waals surface area contributed by atoms with Crippen LogP contribution in [0.1, 0.15) is 5.56 Å². The molecule has 14 heavy (non-hydrogen) atoms. The molecule has 2 nitrogen and oxygen atoms in total. The molecule has 0 saturated heterocycles. The van der Waals surface area contributed by atoms with Gasteiger partial charge in [0.05, 0.1) is 0 Å². The Morgan fingerprint density at radius 2 is 1.79 bits per heavy atom. The average Bonchev–Trinajstić information content (AvgIpc) is 2.19. The zero-order chi connectivity index (χ0) is 9.97. The molecule has 0 aliphatic carbocycles. The maximum absolute atomic E-state index is 8.49. The fraction of sp³-hybridized carbons (Fsp3) is 0.0909. The van der Waals surface area contributed by atoms with Crippen LogP contribution < -0.4 is 4.65 Å². The number of fused-ring (bicyclic) bond motifs is 1. The van der Waals surface area contributed by atoms with Crippen molar-refractivity contribution in [3.05, 3.63) is 42.0 Å². The van der Waals surface area contributed by atoms with Gasteiger partial charge in [-0.1, -0.05) is 29.8 Å². The zero-order valence-electron chi connectivity index (χ0n) is 7.90. The monoisotopic (exact) mass is 185 g/mol. The summed E-state index contributed by atoms with van der Waals surface area (Å²) < 4.78 is 4.87. The second-order valence-electron chi connectivity index (χ2n) is 3.24. The van der Waals surface area contributed by atoms with Crippen LogP contribution in [0.15, 0.2) is 36.4 Å². The van der Waals surface area contributed by atoms with Crippen molar-refractivity contribution >= 4 is 18.5 Å². The Morgan fingerprint density at radius 1 is 1.07 bits per heavy atom. The molecule has 0 fully saturated rings. The first kappa shape index (κ1) is 9.09. The van der Waals surface area contributed by atoms with Crippen LogP contribution in [0.5, 0.6) is 5.75 Å². The summed E-state index contributed by atoms with van der Waals surface area (Å²) in [5, 5.41) is 10.8. The van der Waals surface area contributed by atoms with E-state index in [-0.39, 0.29) is 0 Å². The topological polar surface area (TPSA) is 29.5 Å². The number of benzene rings is 2. The van der Waals surface area contributed by atoms with Crippen molar-refractivity contribution in [1.29, 1.82) is 0 Å². The summed E-state index contributed by atoms with van der Waals surface area (Å²) in [5.74, 6) is 0.642. The molecule has 0 heterocycles. The molecule has 0 atom stereocenters. The van der Waals surface area contributed by atoms with E-state index in [1.165, 1.54) is 10.9 Å². The lowest BCUT2D eigenvalue weighted by Crippen LogP contribution is -1.99. The van der Waals surface area contributed by atoms with E-state index in [0.717, 1.165) is 5.39 Å². The number of aryl methyl sites for hydroxylation is 1. The Balaban J connectivity index is 2.50. The second kappa shape index (κ2) is 3.72. The highest BCUT2D eigenvalue weighted by atomic mass is 16.5. The minimum Gasteiger partial charge on any atom is -0.537 e. The van der Waals surface area contributed by atoms with Crippen molar-refractivity contribution in [2.24, 2.45) is 0 Å². The van der Waals surface area contributed by atoms with Gasteiger partial charge >= 0.3 is 7.69 Å². The van der Waals surface area contributed by atoms with Crippen molar-refractivity contribution in [1.82, 2.24) is 0 Å². The van der Waals surface area contributed by atoms with Crippen molar-refractivity contribution in [2.45, 2.75) is 6.92 Å². The van der Waals surface area contributed by atoms with Crippen LogP contribution in [0, 0.1) is 6.92 Å². The van der Waals surface area contributed by atoms with Crippen molar-refractivity contribution in [2.75, 3.05) is 0 Å². The smallest absolute Gasteiger partial charge is 0.537 e. The van der Waals surface area contributed by atoms with E-state index in [4.69, 9.17) is 9.68 Å². The SMILES string of the molecule is Cc1ccc2cc(O[B]O)ccc2c1. The van der Waals surface area contributed by atoms with Gasteiger partial charge in [-0.3, -0.25) is 0 Å². The van der Waals surface area contributed by atoms with Crippen LogP contribution in [0.25, 0.3) is 10.8 Å². The summed E-state index contributed by atoms with van der Waals surface area (Å²) in [6, 6.07) is 11.9. The third kappa shape index (κ3) is 1.73. The van der Waals surface area contributed by atoms with Gasteiger partial charge in [-0.15, -0.1) is 0 Å². The normalized spacial score (nSPS) is 10.1. The van der Waals surface area contributed by atoms with Gasteiger partial charge in [0.25, 0.3) is 0 Å². The molecule has 0 aliphatic rings. The average molecular weight is 185 g/mol. The lowest BCUT2D eigenvalue weighted by Gasteiger charge is -2.04. The zero-order valence-corrected chi connectivity index (χ0v) is 7.90. The van der Waals surface area contributed by atoms with Gasteiger partial charge in [-0.25, -0.2) is 0 Å². The molecule has 0 aromatic heterocycles. The third-order valence-corrected chi connectivity index (χ3v) is 2.16. The van der Waals surface area contributed by atoms with Crippen molar-refractivity contribution < 1.29 is 9.68 Å². The Kier molecular flexibility index (Phi) is 2.42. The van der Waals surface area contributed by atoms with Crippen molar-refractivity contribution in [3.8, 4) is 5.75 Å². The van der Waals surface area contributed by atoms with E-state index in [9.17, 15) is 0 Å². The van der Waals surface area contributed by atoms with Gasteiger partial charge in [-0.2, -0.15) is 0 Å². The summed E-state index contributed by atoms with van der Waals surface area (Å²) in [4.78, 5) is 0. The molecule has 0 spiro atoms. The fourth-order valence-corrected chi connectivity index (χ4v) is 1.48. The van der Waals surface area contributed by atoms with Gasteiger partial charge in [-0.05, 0) is 29.8 Å². The van der Waals surface area contributed by atoms with Gasteiger partial charge in [0, 0.05) is 0 Å². The van der Waals surface area contributed by atoms with Crippen LogP contribution >= 0.6 is 0 Å². The first-order valence-corrected chi connectivity index (χ1v) is 4.42. The first-order chi connectivity index (χ1) is 6.79. The second-order valence-corrected chi connectivity index (χ2v) is 3.24. The van der Waals surface area contributed by atoms with Crippen molar-refractivity contribution in [3.63, 3.8) is 0 Å². The molecule has 3 heteroatoms. The summed E-state index contributed by atoms with van der Waals surface area (Å²) >= 11 is 0. The predicted molar refractivity (Wildman–Crippen MR) is 57.3 cm³/mol. The molecule has 1 radical (unpaired) electrons. The quantitative estimate of drug-likeness (QED) is 0.725. The number of hydrogen-bond acceptors (Lipinski definition) is 2. The maximum atomic E-state index is 8.49. The molecule has 0 amide bonds. The third-order valence-electron chi connectivity index (χ3n) is 2.16. The summed E-state index contributed by atoms with van der Waals surface area (Å²) in [7, 11) is 0.690. The highest BCUT2D eigenvalue weighted by Gasteiger charge is 1.97. The van der Waals surface area contributed by atoms with Gasteiger partial charge < -0.3 is 9.68 Å². The molecular formula is C11H10BO2. The van der Waals surface area contributed by atoms with E-state index in [2.05, 4.69) is 19.1 Å². The largest absolute Gasteiger partial charge is 0.569 e. The first-order valence-electron chi connectivity index (χ1n) is 4.42. The summed E-state index contributed by atoms with van der Waals surface area (Å²) in [6.07, 6.45) is 0. The number of rotatable bonds is 2. The van der Waals surface area contributed by atoms with E-state index >= 15 is 0 Å². The van der Waals surface area contributed by atoms with Gasteiger partial charge in [0.15, 0.2) is 0 Å². The van der Waals surface area contributed by atoms with E-state index in [0.29, 0.717) is 13.4 Å². The Morgan fingerprint density at radius 3 is 2.57 bits per heavy atom. The molecule has 2 aromatic carbocycles. The highest BCUT2D eigenvalue weighted by molar-refractivity contribution is 6.17. The molecular weight excluding hydrogens is 175 g/mol. The summed E-state index contributed by atoms with van der Waals surface area (Å²) in [6.45, 7) is 2.06. The molecule has 0 saturated carbocycles. The fourth-order valence-electron chi connectivity index (χ4n) is 1.48. The predicted octanol–water partition coefficient (Wildman–Crippen LogP) is 2.05. The maximum Gasteiger partial charge on any atom is 0.569 e. The molecule has 0 aliphatic heterocycles. The minimum absolute atomic E-state index is 0.642. The van der Waals surface area contributed by atoms with Crippen LogP contribution in [0.2, 0.25) is 0 Å². The minimum atomic E-state index is 0.642. The van der Waals surface area contributed by atoms with E-state index in [1.54, 1.807) is 0 Å². The lowest BCUT2D eigenvalue weighted by molar-refractivity contribution is 0.454. The standard InChI is InChI=1S/C11H10BO2/c1-8-2-3-10-7-11(14-12-13)5-4-9(10)6-8/h2-7,13H,1H3. The Labute approximate surface area is 83.4 Å². The lowest BCUT2D eigenvalue weighted by atomic mass is 10.1. The van der Waals surface area contributed by atoms with Crippen LogP contribution in [-0.2, 0) is 0 Å². The molecule has 1 N–H and O–H groups in total. The molecule has 0 unspecified atom stereocenters. The number of hydrogen-bond donors (Lipinski definition) is 1. The van der Waals surface area contributed by atoms with E-state index in [1.807, 2.05) is 24.3 Å². The molecule has 2 rings (SSSR count). The van der Waals surface area contributed by atoms with Crippen LogP contribution in [0.3, 0.4) is 0 Å². The summed E-state index contributed by atoms with van der Waals surface area (Å²) in [5.41, 5.74) is 1.24. The van der Waals surface area contributed by atoms with Gasteiger partial charge in [0.2, 0.25) is 0 Å². The van der Waals surface area contributed by atoms with Crippen LogP contribution in [0.4, 0.5) is 0 Å². The molecule has 69 valence electrons. The van der Waals surface area contributed by atoms with E-state index < -0.39 is 0 Å². The molecule has 2 aromatic rings. The molecule has 0 bridgehead atoms. The Bertz CT molecular complexity index is 454. The Hall–Kier alpha value is -1.48. The van der Waals surface area contributed by atoms with Crippen LogP contribution in [-0.4, -0.2) is 12.7 Å². The highest BCUT2D eigenvalue weighted by Crippen LogP contribution is 2.21. The van der Waals surface area contributed by atoms with Gasteiger partial charge in [0.1, 0.15) is 5.75 Å².